The molecular formula is C14H16ClN3. The molecular weight excluding hydrogens is 246 g/mol. The molecule has 1 aromatic carbocycles. The van der Waals surface area contributed by atoms with E-state index in [1.54, 1.807) is 0 Å². The Labute approximate surface area is 112 Å². The minimum atomic E-state index is 0.706. The van der Waals surface area contributed by atoms with E-state index >= 15 is 0 Å². The number of halogens is 1. The van der Waals surface area contributed by atoms with Crippen molar-refractivity contribution in [2.75, 3.05) is 7.05 Å². The normalized spacial score (nSPS) is 10.6. The van der Waals surface area contributed by atoms with E-state index in [0.717, 1.165) is 34.2 Å². The zero-order valence-electron chi connectivity index (χ0n) is 10.6. The van der Waals surface area contributed by atoms with Crippen LogP contribution in [0.25, 0.3) is 0 Å². The van der Waals surface area contributed by atoms with Crippen LogP contribution in [0.4, 0.5) is 0 Å². The topological polar surface area (TPSA) is 37.8 Å². The van der Waals surface area contributed by atoms with Crippen LogP contribution in [0.3, 0.4) is 0 Å². The highest BCUT2D eigenvalue weighted by molar-refractivity contribution is 6.30. The first-order valence-electron chi connectivity index (χ1n) is 5.89. The number of hydrogen-bond acceptors (Lipinski definition) is 3. The molecule has 2 aromatic rings. The quantitative estimate of drug-likeness (QED) is 0.920. The second kappa shape index (κ2) is 5.94. The highest BCUT2D eigenvalue weighted by Crippen LogP contribution is 2.13. The summed E-state index contributed by atoms with van der Waals surface area (Å²) in [4.78, 5) is 8.93. The zero-order chi connectivity index (χ0) is 13.0. The van der Waals surface area contributed by atoms with Crippen molar-refractivity contribution in [3.8, 4) is 0 Å². The maximum atomic E-state index is 5.97. The molecule has 0 unspecified atom stereocenters. The van der Waals surface area contributed by atoms with Crippen LogP contribution >= 0.6 is 11.6 Å². The van der Waals surface area contributed by atoms with Crippen LogP contribution in [-0.4, -0.2) is 17.0 Å². The summed E-state index contributed by atoms with van der Waals surface area (Å²) >= 11 is 5.97. The predicted octanol–water partition coefficient (Wildman–Crippen LogP) is 2.75. The first kappa shape index (κ1) is 13.0. The van der Waals surface area contributed by atoms with Crippen LogP contribution in [0.15, 0.2) is 30.5 Å². The Morgan fingerprint density at radius 3 is 2.89 bits per heavy atom. The van der Waals surface area contributed by atoms with Crippen molar-refractivity contribution < 1.29 is 0 Å². The standard InChI is InChI=1S/C14H16ClN3/c1-10-8-17-14(18-13(10)9-16-2)7-11-4-3-5-12(15)6-11/h3-6,8,16H,7,9H2,1-2H3. The lowest BCUT2D eigenvalue weighted by molar-refractivity contribution is 0.763. The number of benzene rings is 1. The fourth-order valence-corrected chi connectivity index (χ4v) is 1.99. The molecule has 0 radical (unpaired) electrons. The average Bonchev–Trinajstić information content (AvgIpc) is 2.34. The van der Waals surface area contributed by atoms with E-state index in [1.165, 1.54) is 0 Å². The lowest BCUT2D eigenvalue weighted by atomic mass is 10.1. The smallest absolute Gasteiger partial charge is 0.132 e. The van der Waals surface area contributed by atoms with E-state index in [9.17, 15) is 0 Å². The molecule has 18 heavy (non-hydrogen) atoms. The van der Waals surface area contributed by atoms with Gasteiger partial charge in [0.15, 0.2) is 0 Å². The minimum Gasteiger partial charge on any atom is -0.314 e. The van der Waals surface area contributed by atoms with Crippen molar-refractivity contribution in [2.24, 2.45) is 0 Å². The minimum absolute atomic E-state index is 0.706. The van der Waals surface area contributed by atoms with E-state index in [4.69, 9.17) is 11.6 Å². The molecule has 0 aliphatic heterocycles. The molecule has 0 amide bonds. The highest BCUT2D eigenvalue weighted by Gasteiger charge is 2.04. The molecule has 1 heterocycles. The summed E-state index contributed by atoms with van der Waals surface area (Å²) in [6.07, 6.45) is 2.58. The molecule has 0 fully saturated rings. The molecule has 0 atom stereocenters. The van der Waals surface area contributed by atoms with Crippen LogP contribution in [0.1, 0.15) is 22.6 Å². The molecule has 94 valence electrons. The van der Waals surface area contributed by atoms with Crippen molar-refractivity contribution in [3.05, 3.63) is 58.1 Å². The van der Waals surface area contributed by atoms with Gasteiger partial charge in [-0.3, -0.25) is 0 Å². The van der Waals surface area contributed by atoms with Crippen molar-refractivity contribution in [1.82, 2.24) is 15.3 Å². The van der Waals surface area contributed by atoms with Gasteiger partial charge in [-0.15, -0.1) is 0 Å². The number of nitrogens with one attached hydrogen (secondary N) is 1. The van der Waals surface area contributed by atoms with E-state index < -0.39 is 0 Å². The van der Waals surface area contributed by atoms with Crippen LogP contribution < -0.4 is 5.32 Å². The number of aromatic nitrogens is 2. The first-order valence-corrected chi connectivity index (χ1v) is 6.27. The van der Waals surface area contributed by atoms with Gasteiger partial charge in [0, 0.05) is 24.2 Å². The summed E-state index contributed by atoms with van der Waals surface area (Å²) in [5.41, 5.74) is 3.28. The van der Waals surface area contributed by atoms with Crippen molar-refractivity contribution in [2.45, 2.75) is 19.9 Å². The third-order valence-electron chi connectivity index (χ3n) is 2.72. The maximum absolute atomic E-state index is 5.97. The molecule has 0 saturated heterocycles. The highest BCUT2D eigenvalue weighted by atomic mass is 35.5. The predicted molar refractivity (Wildman–Crippen MR) is 73.8 cm³/mol. The molecule has 1 aromatic heterocycles. The molecule has 2 rings (SSSR count). The van der Waals surface area contributed by atoms with E-state index in [-0.39, 0.29) is 0 Å². The van der Waals surface area contributed by atoms with E-state index in [1.807, 2.05) is 44.4 Å². The number of aryl methyl sites for hydroxylation is 1. The van der Waals surface area contributed by atoms with Gasteiger partial charge in [-0.1, -0.05) is 23.7 Å². The van der Waals surface area contributed by atoms with Gasteiger partial charge in [0.2, 0.25) is 0 Å². The summed E-state index contributed by atoms with van der Waals surface area (Å²) in [7, 11) is 1.91. The van der Waals surface area contributed by atoms with Crippen molar-refractivity contribution >= 4 is 11.6 Å². The second-order valence-electron chi connectivity index (χ2n) is 4.25. The Morgan fingerprint density at radius 2 is 2.17 bits per heavy atom. The average molecular weight is 262 g/mol. The Balaban J connectivity index is 2.21. The van der Waals surface area contributed by atoms with Crippen LogP contribution in [0.2, 0.25) is 5.02 Å². The molecule has 0 spiro atoms. The Bertz CT molecular complexity index is 540. The Kier molecular flexibility index (Phi) is 4.28. The van der Waals surface area contributed by atoms with Gasteiger partial charge in [-0.25, -0.2) is 9.97 Å². The summed E-state index contributed by atoms with van der Waals surface area (Å²) in [6.45, 7) is 2.78. The fourth-order valence-electron chi connectivity index (χ4n) is 1.78. The van der Waals surface area contributed by atoms with E-state index in [0.29, 0.717) is 6.42 Å². The van der Waals surface area contributed by atoms with Crippen LogP contribution in [0, 0.1) is 6.92 Å². The monoisotopic (exact) mass is 261 g/mol. The van der Waals surface area contributed by atoms with Gasteiger partial charge in [0.1, 0.15) is 5.82 Å². The van der Waals surface area contributed by atoms with Crippen LogP contribution in [0.5, 0.6) is 0 Å². The molecule has 0 aliphatic carbocycles. The molecule has 0 bridgehead atoms. The number of nitrogens with zero attached hydrogens (tertiary/aromatic N) is 2. The molecule has 4 heteroatoms. The summed E-state index contributed by atoms with van der Waals surface area (Å²) in [5.74, 6) is 0.827. The zero-order valence-corrected chi connectivity index (χ0v) is 11.3. The maximum Gasteiger partial charge on any atom is 0.132 e. The van der Waals surface area contributed by atoms with Gasteiger partial charge >= 0.3 is 0 Å². The summed E-state index contributed by atoms with van der Waals surface area (Å²) in [5, 5.41) is 3.86. The van der Waals surface area contributed by atoms with Gasteiger partial charge in [0.25, 0.3) is 0 Å². The first-order chi connectivity index (χ1) is 8.69. The molecule has 3 nitrogen and oxygen atoms in total. The SMILES string of the molecule is CNCc1nc(Cc2cccc(Cl)c2)ncc1C. The lowest BCUT2D eigenvalue weighted by Crippen LogP contribution is -2.11. The van der Waals surface area contributed by atoms with Gasteiger partial charge in [-0.2, -0.15) is 0 Å². The van der Waals surface area contributed by atoms with E-state index in [2.05, 4.69) is 15.3 Å². The third-order valence-corrected chi connectivity index (χ3v) is 2.96. The molecule has 0 aliphatic rings. The fraction of sp³-hybridized carbons (Fsp3) is 0.286. The van der Waals surface area contributed by atoms with Gasteiger partial charge < -0.3 is 5.32 Å². The largest absolute Gasteiger partial charge is 0.314 e. The van der Waals surface area contributed by atoms with Gasteiger partial charge in [0.05, 0.1) is 5.69 Å². The number of hydrogen-bond donors (Lipinski definition) is 1. The Hall–Kier alpha value is -1.45. The lowest BCUT2D eigenvalue weighted by Gasteiger charge is -2.07. The summed E-state index contributed by atoms with van der Waals surface area (Å²) in [6, 6.07) is 7.79. The van der Waals surface area contributed by atoms with Crippen molar-refractivity contribution in [1.29, 1.82) is 0 Å². The Morgan fingerprint density at radius 1 is 1.33 bits per heavy atom. The second-order valence-corrected chi connectivity index (χ2v) is 4.69. The molecule has 1 N–H and O–H groups in total. The molecule has 0 saturated carbocycles. The van der Waals surface area contributed by atoms with Crippen LogP contribution in [-0.2, 0) is 13.0 Å². The number of rotatable bonds is 4. The summed E-state index contributed by atoms with van der Waals surface area (Å²) < 4.78 is 0. The third kappa shape index (κ3) is 3.28. The van der Waals surface area contributed by atoms with Gasteiger partial charge in [-0.05, 0) is 37.2 Å². The van der Waals surface area contributed by atoms with Crippen molar-refractivity contribution in [3.63, 3.8) is 0 Å².